The molecule has 0 aliphatic rings. The van der Waals surface area contributed by atoms with Gasteiger partial charge >= 0.3 is 5.97 Å². The highest BCUT2D eigenvalue weighted by atomic mass is 32.2. The zero-order chi connectivity index (χ0) is 15.2. The van der Waals surface area contributed by atoms with Crippen LogP contribution >= 0.6 is 0 Å². The van der Waals surface area contributed by atoms with Gasteiger partial charge in [-0.15, -0.1) is 0 Å². The normalized spacial score (nSPS) is 11.7. The summed E-state index contributed by atoms with van der Waals surface area (Å²) in [5, 5.41) is 23.2. The van der Waals surface area contributed by atoms with Gasteiger partial charge in [-0.25, -0.2) is 17.9 Å². The van der Waals surface area contributed by atoms with Gasteiger partial charge in [0.1, 0.15) is 4.90 Å². The highest BCUT2D eigenvalue weighted by Gasteiger charge is 2.27. The van der Waals surface area contributed by atoms with Crippen LogP contribution in [-0.2, 0) is 14.8 Å². The number of aliphatic hydroxyl groups excluding tert-OH is 1. The number of aryl methyl sites for hydroxylation is 1. The zero-order valence-corrected chi connectivity index (χ0v) is 11.7. The topological polar surface area (TPSA) is 142 Å². The molecule has 0 unspecified atom stereocenters. The van der Waals surface area contributed by atoms with E-state index in [-0.39, 0.29) is 30.3 Å². The van der Waals surface area contributed by atoms with E-state index in [1.165, 1.54) is 6.92 Å². The lowest BCUT2D eigenvalue weighted by molar-refractivity contribution is 0.0686. The number of hydrogen-bond acceptors (Lipinski definition) is 6. The lowest BCUT2D eigenvalue weighted by atomic mass is 10.4. The molecule has 10 heteroatoms. The van der Waals surface area contributed by atoms with Crippen LogP contribution in [0.4, 0.5) is 0 Å². The first-order valence-electron chi connectivity index (χ1n) is 5.86. The van der Waals surface area contributed by atoms with Crippen molar-refractivity contribution in [2.75, 3.05) is 26.4 Å². The molecule has 0 aliphatic carbocycles. The van der Waals surface area contributed by atoms with Crippen molar-refractivity contribution in [1.82, 2.24) is 14.9 Å². The van der Waals surface area contributed by atoms with Crippen LogP contribution in [0.5, 0.6) is 0 Å². The van der Waals surface area contributed by atoms with Gasteiger partial charge in [0.2, 0.25) is 10.0 Å². The van der Waals surface area contributed by atoms with Crippen molar-refractivity contribution < 1.29 is 28.2 Å². The summed E-state index contributed by atoms with van der Waals surface area (Å²) in [5.41, 5.74) is -0.377. The van der Waals surface area contributed by atoms with Gasteiger partial charge in [-0.1, -0.05) is 0 Å². The average Bonchev–Trinajstić information content (AvgIpc) is 2.76. The van der Waals surface area contributed by atoms with Gasteiger partial charge in [0.15, 0.2) is 5.69 Å². The van der Waals surface area contributed by atoms with Crippen molar-refractivity contribution in [3.8, 4) is 0 Å². The molecule has 0 radical (unpaired) electrons. The maximum atomic E-state index is 12.0. The third-order valence-corrected chi connectivity index (χ3v) is 3.98. The fourth-order valence-corrected chi connectivity index (χ4v) is 2.91. The number of aromatic nitrogens is 2. The van der Waals surface area contributed by atoms with Crippen LogP contribution in [0, 0.1) is 6.92 Å². The van der Waals surface area contributed by atoms with Crippen LogP contribution in [0.2, 0.25) is 0 Å². The molecule has 1 aromatic heterocycles. The van der Waals surface area contributed by atoms with Crippen LogP contribution in [0.25, 0.3) is 0 Å². The number of carboxylic acids is 1. The second kappa shape index (κ2) is 7.33. The number of aromatic amines is 1. The number of hydrogen-bond donors (Lipinski definition) is 4. The molecule has 0 fully saturated rings. The summed E-state index contributed by atoms with van der Waals surface area (Å²) >= 11 is 0. The number of nitrogens with zero attached hydrogens (tertiary/aromatic N) is 1. The number of carboxylic acid groups (broad SMARTS) is 1. The molecule has 0 amide bonds. The Bertz CT molecular complexity index is 553. The first-order chi connectivity index (χ1) is 9.40. The highest BCUT2D eigenvalue weighted by molar-refractivity contribution is 7.89. The first-order valence-corrected chi connectivity index (χ1v) is 7.35. The molecule has 1 rings (SSSR count). The standard InChI is InChI=1S/C10H17N3O6S/c1-7-9(8(10(15)16)13-12-7)20(17,18)11-3-2-5-19-6-4-14/h11,14H,2-6H2,1H3,(H,12,13)(H,15,16). The minimum atomic E-state index is -3.95. The molecule has 0 atom stereocenters. The number of carbonyl (C=O) groups is 1. The number of aromatic carboxylic acids is 1. The van der Waals surface area contributed by atoms with Crippen molar-refractivity contribution in [2.24, 2.45) is 0 Å². The first kappa shape index (κ1) is 16.6. The minimum absolute atomic E-state index is 0.0947. The van der Waals surface area contributed by atoms with Crippen molar-refractivity contribution in [3.63, 3.8) is 0 Å². The fourth-order valence-electron chi connectivity index (χ4n) is 1.51. The third-order valence-electron chi connectivity index (χ3n) is 2.36. The number of aliphatic hydroxyl groups is 1. The van der Waals surface area contributed by atoms with E-state index in [1.807, 2.05) is 0 Å². The number of sulfonamides is 1. The number of rotatable bonds is 9. The molecule has 4 N–H and O–H groups in total. The SMILES string of the molecule is Cc1[nH]nc(C(=O)O)c1S(=O)(=O)NCCCOCCO. The number of H-pyrrole nitrogens is 1. The predicted molar refractivity (Wildman–Crippen MR) is 68.0 cm³/mol. The van der Waals surface area contributed by atoms with Gasteiger partial charge in [0, 0.05) is 13.2 Å². The minimum Gasteiger partial charge on any atom is -0.476 e. The summed E-state index contributed by atoms with van der Waals surface area (Å²) in [6.07, 6.45) is 0.401. The van der Waals surface area contributed by atoms with Crippen molar-refractivity contribution in [2.45, 2.75) is 18.2 Å². The van der Waals surface area contributed by atoms with Crippen LogP contribution in [0.15, 0.2) is 4.90 Å². The maximum Gasteiger partial charge on any atom is 0.357 e. The molecule has 0 aliphatic heterocycles. The zero-order valence-electron chi connectivity index (χ0n) is 10.9. The molecule has 0 spiro atoms. The van der Waals surface area contributed by atoms with Crippen LogP contribution < -0.4 is 4.72 Å². The van der Waals surface area contributed by atoms with Crippen molar-refractivity contribution in [3.05, 3.63) is 11.4 Å². The number of ether oxygens (including phenoxy) is 1. The van der Waals surface area contributed by atoms with E-state index < -0.39 is 21.7 Å². The average molecular weight is 307 g/mol. The van der Waals surface area contributed by atoms with E-state index >= 15 is 0 Å². The van der Waals surface area contributed by atoms with Crippen LogP contribution in [-0.4, -0.2) is 61.2 Å². The molecular weight excluding hydrogens is 290 g/mol. The van der Waals surface area contributed by atoms with Gasteiger partial charge in [0.05, 0.1) is 18.9 Å². The quantitative estimate of drug-likeness (QED) is 0.433. The Hall–Kier alpha value is -1.49. The lowest BCUT2D eigenvalue weighted by Crippen LogP contribution is -2.27. The Morgan fingerprint density at radius 2 is 2.15 bits per heavy atom. The molecule has 1 aromatic rings. The summed E-state index contributed by atoms with van der Waals surface area (Å²) in [5.74, 6) is -1.42. The van der Waals surface area contributed by atoms with Crippen LogP contribution in [0.3, 0.4) is 0 Å². The molecule has 0 aromatic carbocycles. The molecule has 0 saturated heterocycles. The molecule has 20 heavy (non-hydrogen) atoms. The monoisotopic (exact) mass is 307 g/mol. The third kappa shape index (κ3) is 4.27. The van der Waals surface area contributed by atoms with Crippen LogP contribution in [0.1, 0.15) is 22.6 Å². The van der Waals surface area contributed by atoms with E-state index in [0.717, 1.165) is 0 Å². The Morgan fingerprint density at radius 1 is 1.45 bits per heavy atom. The lowest BCUT2D eigenvalue weighted by Gasteiger charge is -2.07. The summed E-state index contributed by atoms with van der Waals surface area (Å²) in [6.45, 7) is 1.91. The van der Waals surface area contributed by atoms with Gasteiger partial charge in [-0.3, -0.25) is 5.10 Å². The van der Waals surface area contributed by atoms with Gasteiger partial charge in [0.25, 0.3) is 0 Å². The summed E-state index contributed by atoms with van der Waals surface area (Å²) in [4.78, 5) is 10.6. The second-order valence-electron chi connectivity index (χ2n) is 3.92. The Balaban J connectivity index is 2.65. The molecule has 1 heterocycles. The Morgan fingerprint density at radius 3 is 2.75 bits per heavy atom. The summed E-state index contributed by atoms with van der Waals surface area (Å²) < 4.78 is 31.3. The number of nitrogens with one attached hydrogen (secondary N) is 2. The van der Waals surface area contributed by atoms with Crippen molar-refractivity contribution >= 4 is 16.0 Å². The van der Waals surface area contributed by atoms with Gasteiger partial charge < -0.3 is 14.9 Å². The molecule has 0 saturated carbocycles. The Labute approximate surface area is 116 Å². The largest absolute Gasteiger partial charge is 0.476 e. The van der Waals surface area contributed by atoms with E-state index in [9.17, 15) is 13.2 Å². The van der Waals surface area contributed by atoms with E-state index in [2.05, 4.69) is 14.9 Å². The van der Waals surface area contributed by atoms with Crippen molar-refractivity contribution in [1.29, 1.82) is 0 Å². The molecule has 114 valence electrons. The summed E-state index contributed by atoms with van der Waals surface area (Å²) in [6, 6.07) is 0. The molecule has 9 nitrogen and oxygen atoms in total. The fraction of sp³-hybridized carbons (Fsp3) is 0.600. The second-order valence-corrected chi connectivity index (χ2v) is 5.62. The molecule has 0 bridgehead atoms. The molecular formula is C10H17N3O6S. The van der Waals surface area contributed by atoms with E-state index in [1.54, 1.807) is 0 Å². The van der Waals surface area contributed by atoms with E-state index in [4.69, 9.17) is 14.9 Å². The predicted octanol–water partition coefficient (Wildman–Crippen LogP) is -0.906. The Kier molecular flexibility index (Phi) is 6.07. The van der Waals surface area contributed by atoms with E-state index in [0.29, 0.717) is 13.0 Å². The highest BCUT2D eigenvalue weighted by Crippen LogP contribution is 2.17. The smallest absolute Gasteiger partial charge is 0.357 e. The maximum absolute atomic E-state index is 12.0. The summed E-state index contributed by atoms with van der Waals surface area (Å²) in [7, 11) is -3.95. The van der Waals surface area contributed by atoms with Gasteiger partial charge in [-0.2, -0.15) is 5.10 Å². The van der Waals surface area contributed by atoms with Gasteiger partial charge in [-0.05, 0) is 13.3 Å².